The largest absolute Gasteiger partial charge is 0.491 e. The van der Waals surface area contributed by atoms with Crippen LogP contribution in [0.2, 0.25) is 0 Å². The number of aliphatic hydroxyl groups excluding tert-OH is 2. The number of aliphatic hydroxyl groups is 2. The van der Waals surface area contributed by atoms with Crippen molar-refractivity contribution < 1.29 is 29.2 Å². The number of ether oxygens (including phenoxy) is 1. The van der Waals surface area contributed by atoms with Crippen molar-refractivity contribution in [3.63, 3.8) is 0 Å². The van der Waals surface area contributed by atoms with Crippen molar-refractivity contribution in [3.8, 4) is 17.6 Å². The second-order valence-electron chi connectivity index (χ2n) is 6.82. The van der Waals surface area contributed by atoms with Crippen molar-refractivity contribution in [1.29, 1.82) is 0 Å². The van der Waals surface area contributed by atoms with Gasteiger partial charge >= 0.3 is 5.97 Å². The number of carboxylic acid groups (broad SMARTS) is 1. The molecule has 0 aromatic heterocycles. The lowest BCUT2D eigenvalue weighted by Gasteiger charge is -2.23. The predicted octanol–water partition coefficient (Wildman–Crippen LogP) is 2.93. The Morgan fingerprint density at radius 3 is 2.56 bits per heavy atom. The van der Waals surface area contributed by atoms with E-state index in [9.17, 15) is 19.4 Å². The number of carbonyl (C=O) groups is 1. The molecule has 6 heteroatoms. The van der Waals surface area contributed by atoms with Gasteiger partial charge in [0.2, 0.25) is 0 Å². The fourth-order valence-electron chi connectivity index (χ4n) is 2.26. The lowest BCUT2D eigenvalue weighted by Crippen LogP contribution is -2.22. The third kappa shape index (κ3) is 10.9. The van der Waals surface area contributed by atoms with Crippen molar-refractivity contribution in [2.24, 2.45) is 5.41 Å². The van der Waals surface area contributed by atoms with Crippen LogP contribution in [0.3, 0.4) is 0 Å². The maximum absolute atomic E-state index is 12.8. The molecule has 1 aromatic rings. The highest BCUT2D eigenvalue weighted by atomic mass is 19.1. The molecular formula is C21H25FO5. The highest BCUT2D eigenvalue weighted by Gasteiger charge is 2.24. The summed E-state index contributed by atoms with van der Waals surface area (Å²) in [5.41, 5.74) is -0.543. The first-order valence-electron chi connectivity index (χ1n) is 8.49. The Balaban J connectivity index is 2.35. The average molecular weight is 376 g/mol. The average Bonchev–Trinajstić information content (AvgIpc) is 2.55. The van der Waals surface area contributed by atoms with Crippen molar-refractivity contribution in [2.75, 3.05) is 6.61 Å². The number of halogens is 1. The van der Waals surface area contributed by atoms with Crippen LogP contribution < -0.4 is 4.74 Å². The van der Waals surface area contributed by atoms with Gasteiger partial charge in [-0.2, -0.15) is 0 Å². The van der Waals surface area contributed by atoms with Crippen molar-refractivity contribution in [1.82, 2.24) is 0 Å². The van der Waals surface area contributed by atoms with Crippen LogP contribution in [0.4, 0.5) is 4.39 Å². The summed E-state index contributed by atoms with van der Waals surface area (Å²) in [4.78, 5) is 10.7. The van der Waals surface area contributed by atoms with Gasteiger partial charge in [-0.25, -0.2) is 4.39 Å². The van der Waals surface area contributed by atoms with Gasteiger partial charge in [0.1, 0.15) is 30.4 Å². The molecular weight excluding hydrogens is 351 g/mol. The highest BCUT2D eigenvalue weighted by Crippen LogP contribution is 2.26. The predicted molar refractivity (Wildman–Crippen MR) is 101 cm³/mol. The summed E-state index contributed by atoms with van der Waals surface area (Å²) in [5, 5.41) is 28.4. The quantitative estimate of drug-likeness (QED) is 0.456. The van der Waals surface area contributed by atoms with Crippen molar-refractivity contribution in [2.45, 2.75) is 38.9 Å². The van der Waals surface area contributed by atoms with E-state index in [1.165, 1.54) is 36.4 Å². The summed E-state index contributed by atoms with van der Waals surface area (Å²) in [6.45, 7) is 3.55. The minimum absolute atomic E-state index is 0.0268. The molecule has 5 nitrogen and oxygen atoms in total. The van der Waals surface area contributed by atoms with Gasteiger partial charge in [-0.3, -0.25) is 4.79 Å². The second kappa shape index (κ2) is 11.2. The smallest absolute Gasteiger partial charge is 0.303 e. The molecule has 0 unspecified atom stereocenters. The normalized spacial score (nSPS) is 14.0. The van der Waals surface area contributed by atoms with Crippen LogP contribution in [0.15, 0.2) is 48.6 Å². The topological polar surface area (TPSA) is 87.0 Å². The number of benzene rings is 1. The van der Waals surface area contributed by atoms with Crippen LogP contribution in [-0.2, 0) is 4.79 Å². The number of rotatable bonds is 9. The number of carboxylic acids is 1. The van der Waals surface area contributed by atoms with Crippen LogP contribution in [0.25, 0.3) is 0 Å². The van der Waals surface area contributed by atoms with E-state index >= 15 is 0 Å². The Bertz CT molecular complexity index is 710. The Hall–Kier alpha value is -2.62. The summed E-state index contributed by atoms with van der Waals surface area (Å²) in [5.74, 6) is 4.49. The van der Waals surface area contributed by atoms with Crippen molar-refractivity contribution in [3.05, 3.63) is 54.4 Å². The van der Waals surface area contributed by atoms with Gasteiger partial charge in [0.05, 0.1) is 6.42 Å². The summed E-state index contributed by atoms with van der Waals surface area (Å²) < 4.78 is 18.1. The molecule has 0 aliphatic heterocycles. The number of allylic oxidation sites excluding steroid dienone is 3. The Kier molecular flexibility index (Phi) is 9.27. The third-order valence-corrected chi connectivity index (χ3v) is 3.48. The molecule has 27 heavy (non-hydrogen) atoms. The minimum atomic E-state index is -0.914. The molecule has 1 aromatic carbocycles. The summed E-state index contributed by atoms with van der Waals surface area (Å²) in [6, 6.07) is 5.50. The molecule has 0 spiro atoms. The third-order valence-electron chi connectivity index (χ3n) is 3.48. The molecule has 2 atom stereocenters. The lowest BCUT2D eigenvalue weighted by molar-refractivity contribution is -0.139. The maximum atomic E-state index is 12.8. The van der Waals surface area contributed by atoms with Gasteiger partial charge in [-0.05, 0) is 42.2 Å². The zero-order chi connectivity index (χ0) is 20.3. The first kappa shape index (κ1) is 22.4. The van der Waals surface area contributed by atoms with Crippen LogP contribution in [0.1, 0.15) is 26.7 Å². The van der Waals surface area contributed by atoms with Gasteiger partial charge in [0, 0.05) is 0 Å². The molecule has 0 radical (unpaired) electrons. The molecule has 146 valence electrons. The molecule has 0 aliphatic carbocycles. The molecule has 0 bridgehead atoms. The number of hydrogen-bond donors (Lipinski definition) is 3. The van der Waals surface area contributed by atoms with E-state index in [1.807, 2.05) is 0 Å². The Morgan fingerprint density at radius 2 is 1.93 bits per heavy atom. The lowest BCUT2D eigenvalue weighted by atomic mass is 9.83. The second-order valence-corrected chi connectivity index (χ2v) is 6.82. The van der Waals surface area contributed by atoms with Crippen LogP contribution in [0.5, 0.6) is 5.75 Å². The SMILES string of the molecule is CC(C)(CC(=O)O)C[C@H](O)C#CC=CC=C[C@H](O)COc1ccc(F)cc1. The van der Waals surface area contributed by atoms with Gasteiger partial charge in [0.15, 0.2) is 0 Å². The monoisotopic (exact) mass is 376 g/mol. The fraction of sp³-hybridized carbons (Fsp3) is 0.381. The van der Waals surface area contributed by atoms with Crippen LogP contribution in [0, 0.1) is 23.1 Å². The van der Waals surface area contributed by atoms with Gasteiger partial charge < -0.3 is 20.1 Å². The number of hydrogen-bond acceptors (Lipinski definition) is 4. The molecule has 0 saturated carbocycles. The first-order chi connectivity index (χ1) is 12.7. The van der Waals surface area contributed by atoms with E-state index in [4.69, 9.17) is 9.84 Å². The van der Waals surface area contributed by atoms with Crippen molar-refractivity contribution >= 4 is 5.97 Å². The zero-order valence-electron chi connectivity index (χ0n) is 15.4. The molecule has 0 saturated heterocycles. The molecule has 0 fully saturated rings. The van der Waals surface area contributed by atoms with Crippen LogP contribution >= 0.6 is 0 Å². The van der Waals surface area contributed by atoms with Gasteiger partial charge in [-0.1, -0.05) is 43.9 Å². The van der Waals surface area contributed by atoms with Gasteiger partial charge in [-0.15, -0.1) is 0 Å². The highest BCUT2D eigenvalue weighted by molar-refractivity contribution is 5.67. The summed E-state index contributed by atoms with van der Waals surface area (Å²) >= 11 is 0. The van der Waals surface area contributed by atoms with E-state index < -0.39 is 23.6 Å². The maximum Gasteiger partial charge on any atom is 0.303 e. The molecule has 0 heterocycles. The number of aliphatic carboxylic acids is 1. The molecule has 3 N–H and O–H groups in total. The van der Waals surface area contributed by atoms with E-state index in [-0.39, 0.29) is 25.3 Å². The summed E-state index contributed by atoms with van der Waals surface area (Å²) in [7, 11) is 0. The Morgan fingerprint density at radius 1 is 1.26 bits per heavy atom. The molecule has 0 aliphatic rings. The van der Waals surface area contributed by atoms with E-state index in [1.54, 1.807) is 26.0 Å². The van der Waals surface area contributed by atoms with E-state index in [0.29, 0.717) is 5.75 Å². The zero-order valence-corrected chi connectivity index (χ0v) is 15.4. The van der Waals surface area contributed by atoms with E-state index in [2.05, 4.69) is 11.8 Å². The standard InChI is InChI=1S/C21H25FO5/c1-21(2,14-20(25)26)13-17(23)7-5-3-4-6-8-18(24)15-27-19-11-9-16(22)10-12-19/h3-4,6,8-12,17-18,23-24H,13-15H2,1-2H3,(H,25,26)/t17-,18+/m1/s1. The van der Waals surface area contributed by atoms with Gasteiger partial charge in [0.25, 0.3) is 0 Å². The fourth-order valence-corrected chi connectivity index (χ4v) is 2.26. The first-order valence-corrected chi connectivity index (χ1v) is 8.49. The summed E-state index contributed by atoms with van der Waals surface area (Å²) in [6.07, 6.45) is 4.68. The van der Waals surface area contributed by atoms with E-state index in [0.717, 1.165) is 0 Å². The minimum Gasteiger partial charge on any atom is -0.491 e. The molecule has 0 amide bonds. The van der Waals surface area contributed by atoms with Crippen LogP contribution in [-0.4, -0.2) is 40.1 Å². The molecule has 1 rings (SSSR count). The Labute approximate surface area is 158 Å².